The molecule has 4 aromatic rings. The van der Waals surface area contributed by atoms with Crippen LogP contribution in [-0.4, -0.2) is 71.5 Å². The largest absolute Gasteiger partial charge is 0.378 e. The van der Waals surface area contributed by atoms with Gasteiger partial charge in [0.25, 0.3) is 0 Å². The van der Waals surface area contributed by atoms with E-state index < -0.39 is 0 Å². The zero-order valence-corrected chi connectivity index (χ0v) is 23.1. The van der Waals surface area contributed by atoms with E-state index in [2.05, 4.69) is 55.9 Å². The molecule has 10 heteroatoms. The van der Waals surface area contributed by atoms with Crippen molar-refractivity contribution in [2.45, 2.75) is 44.2 Å². The normalized spacial score (nSPS) is 18.5. The third-order valence-electron chi connectivity index (χ3n) is 8.17. The van der Waals surface area contributed by atoms with Crippen molar-refractivity contribution in [3.8, 4) is 11.4 Å². The third kappa shape index (κ3) is 5.89. The number of anilines is 2. The van der Waals surface area contributed by atoms with E-state index in [-0.39, 0.29) is 11.9 Å². The van der Waals surface area contributed by atoms with Crippen LogP contribution < -0.4 is 15.5 Å². The molecule has 0 atom stereocenters. The van der Waals surface area contributed by atoms with Gasteiger partial charge in [-0.25, -0.2) is 14.8 Å². The SMILES string of the molecule is O=C(Nc1ccc(-c2nc(N3CCOCC3)c3onc(C4CCN(Cc5ccccc5)CC4)c3n2)cc1)NC1CC1. The van der Waals surface area contributed by atoms with Gasteiger partial charge < -0.3 is 24.8 Å². The molecule has 2 saturated heterocycles. The van der Waals surface area contributed by atoms with Gasteiger partial charge in [0, 0.05) is 42.8 Å². The number of hydrogen-bond acceptors (Lipinski definition) is 8. The smallest absolute Gasteiger partial charge is 0.319 e. The zero-order valence-electron chi connectivity index (χ0n) is 23.1. The fourth-order valence-electron chi connectivity index (χ4n) is 5.71. The highest BCUT2D eigenvalue weighted by Gasteiger charge is 2.29. The van der Waals surface area contributed by atoms with Crippen LogP contribution in [0, 0.1) is 0 Å². The Balaban J connectivity index is 1.14. The first-order valence-electron chi connectivity index (χ1n) is 14.6. The summed E-state index contributed by atoms with van der Waals surface area (Å²) in [5, 5.41) is 10.4. The van der Waals surface area contributed by atoms with E-state index in [1.54, 1.807) is 0 Å². The molecule has 41 heavy (non-hydrogen) atoms. The number of ether oxygens (including phenoxy) is 1. The molecule has 2 aliphatic heterocycles. The summed E-state index contributed by atoms with van der Waals surface area (Å²) in [6.07, 6.45) is 4.11. The second-order valence-electron chi connectivity index (χ2n) is 11.2. The minimum absolute atomic E-state index is 0.170. The first-order valence-corrected chi connectivity index (χ1v) is 14.6. The number of carbonyl (C=O) groups is 1. The Kier molecular flexibility index (Phi) is 7.24. The molecule has 1 saturated carbocycles. The number of nitrogens with one attached hydrogen (secondary N) is 2. The number of likely N-dealkylation sites (tertiary alicyclic amines) is 1. The predicted octanol–water partition coefficient (Wildman–Crippen LogP) is 4.78. The molecule has 1 aliphatic carbocycles. The molecule has 2 aromatic carbocycles. The van der Waals surface area contributed by atoms with Crippen molar-refractivity contribution < 1.29 is 14.1 Å². The number of carbonyl (C=O) groups excluding carboxylic acids is 1. The van der Waals surface area contributed by atoms with Gasteiger partial charge in [-0.15, -0.1) is 0 Å². The Morgan fingerprint density at radius 1 is 0.902 bits per heavy atom. The Hall–Kier alpha value is -4.02. The van der Waals surface area contributed by atoms with E-state index in [0.717, 1.165) is 86.7 Å². The average molecular weight is 554 g/mol. The zero-order chi connectivity index (χ0) is 27.6. The summed E-state index contributed by atoms with van der Waals surface area (Å²) in [5.74, 6) is 1.67. The van der Waals surface area contributed by atoms with Crippen LogP contribution in [0.25, 0.3) is 22.5 Å². The van der Waals surface area contributed by atoms with Crippen molar-refractivity contribution in [3.63, 3.8) is 0 Å². The van der Waals surface area contributed by atoms with Gasteiger partial charge in [0.15, 0.2) is 11.6 Å². The first kappa shape index (κ1) is 25.9. The van der Waals surface area contributed by atoms with Crippen LogP contribution in [0.4, 0.5) is 16.3 Å². The Bertz CT molecular complexity index is 1490. The van der Waals surface area contributed by atoms with Gasteiger partial charge in [-0.3, -0.25) is 4.90 Å². The maximum Gasteiger partial charge on any atom is 0.319 e. The fraction of sp³-hybridized carbons (Fsp3) is 0.419. The van der Waals surface area contributed by atoms with Crippen LogP contribution in [-0.2, 0) is 11.3 Å². The van der Waals surface area contributed by atoms with Crippen LogP contribution in [0.5, 0.6) is 0 Å². The quantitative estimate of drug-likeness (QED) is 0.337. The summed E-state index contributed by atoms with van der Waals surface area (Å²) in [7, 11) is 0. The minimum atomic E-state index is -0.170. The number of benzene rings is 2. The van der Waals surface area contributed by atoms with E-state index in [1.165, 1.54) is 5.56 Å². The summed E-state index contributed by atoms with van der Waals surface area (Å²) < 4.78 is 11.6. The van der Waals surface area contributed by atoms with Crippen LogP contribution in [0.15, 0.2) is 59.1 Å². The average Bonchev–Trinajstić information content (AvgIpc) is 3.73. The van der Waals surface area contributed by atoms with Gasteiger partial charge in [0.2, 0.25) is 5.58 Å². The van der Waals surface area contributed by atoms with Crippen molar-refractivity contribution in [2.75, 3.05) is 49.6 Å². The van der Waals surface area contributed by atoms with E-state index in [4.69, 9.17) is 19.2 Å². The second kappa shape index (κ2) is 11.5. The highest BCUT2D eigenvalue weighted by Crippen LogP contribution is 2.36. The molecule has 3 fully saturated rings. The Labute approximate surface area is 239 Å². The molecular weight excluding hydrogens is 518 g/mol. The molecule has 2 N–H and O–H groups in total. The molecule has 2 aromatic heterocycles. The first-order chi connectivity index (χ1) is 20.2. The monoisotopic (exact) mass is 553 g/mol. The van der Waals surface area contributed by atoms with Gasteiger partial charge in [-0.1, -0.05) is 35.5 Å². The lowest BCUT2D eigenvalue weighted by Crippen LogP contribution is -2.37. The van der Waals surface area contributed by atoms with E-state index in [9.17, 15) is 4.79 Å². The molecule has 0 radical (unpaired) electrons. The maximum atomic E-state index is 12.2. The lowest BCUT2D eigenvalue weighted by Gasteiger charge is -2.31. The maximum absolute atomic E-state index is 12.2. The fourth-order valence-corrected chi connectivity index (χ4v) is 5.71. The predicted molar refractivity (Wildman–Crippen MR) is 157 cm³/mol. The lowest BCUT2D eigenvalue weighted by atomic mass is 9.92. The molecule has 0 spiro atoms. The summed E-state index contributed by atoms with van der Waals surface area (Å²) >= 11 is 0. The van der Waals surface area contributed by atoms with Crippen molar-refractivity contribution in [1.29, 1.82) is 0 Å². The molecule has 4 heterocycles. The van der Waals surface area contributed by atoms with Crippen molar-refractivity contribution in [1.82, 2.24) is 25.3 Å². The van der Waals surface area contributed by atoms with E-state index in [0.29, 0.717) is 30.7 Å². The number of piperidine rings is 1. The molecule has 212 valence electrons. The van der Waals surface area contributed by atoms with Gasteiger partial charge in [-0.2, -0.15) is 0 Å². The van der Waals surface area contributed by atoms with Gasteiger partial charge in [-0.05, 0) is 68.6 Å². The van der Waals surface area contributed by atoms with Gasteiger partial charge >= 0.3 is 6.03 Å². The van der Waals surface area contributed by atoms with E-state index in [1.807, 2.05) is 24.3 Å². The number of nitrogens with zero attached hydrogens (tertiary/aromatic N) is 5. The third-order valence-corrected chi connectivity index (χ3v) is 8.17. The van der Waals surface area contributed by atoms with Crippen molar-refractivity contribution in [2.24, 2.45) is 0 Å². The molecule has 10 nitrogen and oxygen atoms in total. The summed E-state index contributed by atoms with van der Waals surface area (Å²) in [6.45, 7) is 5.73. The number of amides is 2. The highest BCUT2D eigenvalue weighted by atomic mass is 16.5. The summed E-state index contributed by atoms with van der Waals surface area (Å²) in [5.41, 5.74) is 5.31. The number of morpholine rings is 1. The molecule has 0 bridgehead atoms. The Morgan fingerprint density at radius 3 is 2.39 bits per heavy atom. The number of rotatable bonds is 7. The highest BCUT2D eigenvalue weighted by molar-refractivity contribution is 5.90. The molecule has 2 amide bonds. The molecule has 7 rings (SSSR count). The van der Waals surface area contributed by atoms with Crippen LogP contribution in [0.3, 0.4) is 0 Å². The van der Waals surface area contributed by atoms with Crippen molar-refractivity contribution in [3.05, 3.63) is 65.9 Å². The number of fused-ring (bicyclic) bond motifs is 1. The number of urea groups is 1. The lowest BCUT2D eigenvalue weighted by molar-refractivity contribution is 0.122. The van der Waals surface area contributed by atoms with E-state index >= 15 is 0 Å². The topological polar surface area (TPSA) is 109 Å². The van der Waals surface area contributed by atoms with Crippen LogP contribution >= 0.6 is 0 Å². The van der Waals surface area contributed by atoms with Gasteiger partial charge in [0.1, 0.15) is 11.2 Å². The molecule has 0 unspecified atom stereocenters. The number of aromatic nitrogens is 3. The number of hydrogen-bond donors (Lipinski definition) is 2. The van der Waals surface area contributed by atoms with Crippen LogP contribution in [0.1, 0.15) is 42.9 Å². The van der Waals surface area contributed by atoms with Crippen LogP contribution in [0.2, 0.25) is 0 Å². The summed E-state index contributed by atoms with van der Waals surface area (Å²) in [4.78, 5) is 26.9. The Morgan fingerprint density at radius 2 is 1.66 bits per heavy atom. The summed E-state index contributed by atoms with van der Waals surface area (Å²) in [6, 6.07) is 18.5. The molecule has 3 aliphatic rings. The van der Waals surface area contributed by atoms with Crippen molar-refractivity contribution >= 4 is 28.6 Å². The molecular formula is C31H35N7O3. The minimum Gasteiger partial charge on any atom is -0.378 e. The van der Waals surface area contributed by atoms with Gasteiger partial charge in [0.05, 0.1) is 13.2 Å². The standard InChI is InChI=1S/C31H35N7O3/c39-31(33-25-10-11-25)32-24-8-6-23(7-9-24)29-34-27-26(36-41-28(27)30(35-29)38-16-18-40-19-17-38)22-12-14-37(15-13-22)20-21-4-2-1-3-5-21/h1-9,22,25H,10-20H2,(H2,32,33,39). The second-order valence-corrected chi connectivity index (χ2v) is 11.2.